The number of furan rings is 1. The molecule has 1 aromatic heterocycles. The minimum atomic E-state index is 0. The van der Waals surface area contributed by atoms with Gasteiger partial charge in [0.1, 0.15) is 11.3 Å². The highest BCUT2D eigenvalue weighted by molar-refractivity contribution is 6.06. The SMILES string of the molecule is Cl.O=C(Cc1cc2c(ccc3ccccc32)o1)N1CCNCC1. The van der Waals surface area contributed by atoms with Crippen molar-refractivity contribution in [3.05, 3.63) is 48.2 Å². The number of halogens is 1. The maximum absolute atomic E-state index is 12.3. The molecule has 2 aromatic carbocycles. The summed E-state index contributed by atoms with van der Waals surface area (Å²) in [5, 5.41) is 6.70. The lowest BCUT2D eigenvalue weighted by Gasteiger charge is -2.27. The Labute approximate surface area is 140 Å². The first-order valence-corrected chi connectivity index (χ1v) is 7.70. The minimum absolute atomic E-state index is 0. The molecule has 1 N–H and O–H groups in total. The summed E-state index contributed by atoms with van der Waals surface area (Å²) in [4.78, 5) is 14.3. The van der Waals surface area contributed by atoms with E-state index in [1.807, 2.05) is 29.2 Å². The zero-order chi connectivity index (χ0) is 14.9. The van der Waals surface area contributed by atoms with Crippen LogP contribution >= 0.6 is 12.4 Å². The Hall–Kier alpha value is -2.04. The Morgan fingerprint density at radius 2 is 1.87 bits per heavy atom. The van der Waals surface area contributed by atoms with Crippen molar-refractivity contribution in [3.8, 4) is 0 Å². The van der Waals surface area contributed by atoms with E-state index >= 15 is 0 Å². The van der Waals surface area contributed by atoms with Gasteiger partial charge in [-0.2, -0.15) is 0 Å². The molecule has 3 aromatic rings. The number of hydrogen-bond donors (Lipinski definition) is 1. The number of fused-ring (bicyclic) bond motifs is 3. The molecule has 0 radical (unpaired) electrons. The second kappa shape index (κ2) is 6.60. The lowest BCUT2D eigenvalue weighted by molar-refractivity contribution is -0.131. The van der Waals surface area contributed by atoms with Crippen molar-refractivity contribution in [3.63, 3.8) is 0 Å². The van der Waals surface area contributed by atoms with E-state index in [-0.39, 0.29) is 18.3 Å². The van der Waals surface area contributed by atoms with E-state index in [2.05, 4.69) is 23.5 Å². The van der Waals surface area contributed by atoms with Gasteiger partial charge in [-0.15, -0.1) is 12.4 Å². The topological polar surface area (TPSA) is 45.5 Å². The van der Waals surface area contributed by atoms with Crippen LogP contribution in [0.15, 0.2) is 46.9 Å². The maximum Gasteiger partial charge on any atom is 0.230 e. The van der Waals surface area contributed by atoms with Crippen LogP contribution in [-0.2, 0) is 11.2 Å². The second-order valence-electron chi connectivity index (χ2n) is 5.72. The molecule has 0 spiro atoms. The third kappa shape index (κ3) is 3.05. The first-order chi connectivity index (χ1) is 10.8. The summed E-state index contributed by atoms with van der Waals surface area (Å²) in [6, 6.07) is 14.3. The fourth-order valence-corrected chi connectivity index (χ4v) is 3.11. The minimum Gasteiger partial charge on any atom is -0.461 e. The van der Waals surface area contributed by atoms with E-state index in [4.69, 9.17) is 4.42 Å². The van der Waals surface area contributed by atoms with E-state index in [0.717, 1.165) is 42.9 Å². The molecule has 1 saturated heterocycles. The summed E-state index contributed by atoms with van der Waals surface area (Å²) in [5.74, 6) is 0.889. The molecule has 1 fully saturated rings. The number of carbonyl (C=O) groups is 1. The number of nitrogens with zero attached hydrogens (tertiary/aromatic N) is 1. The van der Waals surface area contributed by atoms with Crippen molar-refractivity contribution in [1.82, 2.24) is 10.2 Å². The lowest BCUT2D eigenvalue weighted by atomic mass is 10.1. The van der Waals surface area contributed by atoms with Gasteiger partial charge in [-0.1, -0.05) is 30.3 Å². The average Bonchev–Trinajstić information content (AvgIpc) is 2.98. The maximum atomic E-state index is 12.3. The monoisotopic (exact) mass is 330 g/mol. The van der Waals surface area contributed by atoms with Crippen molar-refractivity contribution >= 4 is 40.1 Å². The van der Waals surface area contributed by atoms with Gasteiger partial charge in [0.15, 0.2) is 0 Å². The number of carbonyl (C=O) groups excluding carboxylic acids is 1. The van der Waals surface area contributed by atoms with Crippen LogP contribution in [0.2, 0.25) is 0 Å². The molecule has 0 saturated carbocycles. The smallest absolute Gasteiger partial charge is 0.230 e. The van der Waals surface area contributed by atoms with Gasteiger partial charge < -0.3 is 14.6 Å². The van der Waals surface area contributed by atoms with Gasteiger partial charge in [-0.25, -0.2) is 0 Å². The number of hydrogen-bond acceptors (Lipinski definition) is 3. The highest BCUT2D eigenvalue weighted by Gasteiger charge is 2.18. The molecule has 23 heavy (non-hydrogen) atoms. The molecule has 1 aliphatic heterocycles. The first-order valence-electron chi connectivity index (χ1n) is 7.70. The molecule has 0 aliphatic carbocycles. The number of piperazine rings is 1. The van der Waals surface area contributed by atoms with Crippen molar-refractivity contribution in [2.75, 3.05) is 26.2 Å². The Morgan fingerprint density at radius 3 is 2.70 bits per heavy atom. The summed E-state index contributed by atoms with van der Waals surface area (Å²) in [5.41, 5.74) is 0.849. The number of amides is 1. The third-order valence-electron chi connectivity index (χ3n) is 4.27. The fraction of sp³-hybridized carbons (Fsp3) is 0.278. The van der Waals surface area contributed by atoms with E-state index in [0.29, 0.717) is 6.42 Å². The average molecular weight is 331 g/mol. The fourth-order valence-electron chi connectivity index (χ4n) is 3.11. The molecule has 1 aliphatic rings. The van der Waals surface area contributed by atoms with Crippen LogP contribution in [0.1, 0.15) is 5.76 Å². The second-order valence-corrected chi connectivity index (χ2v) is 5.72. The Balaban J connectivity index is 0.00000156. The zero-order valence-electron chi connectivity index (χ0n) is 12.7. The van der Waals surface area contributed by atoms with Gasteiger partial charge in [-0.05, 0) is 22.9 Å². The molecule has 2 heterocycles. The molecule has 120 valence electrons. The molecule has 1 amide bonds. The van der Waals surface area contributed by atoms with Crippen LogP contribution in [0.3, 0.4) is 0 Å². The van der Waals surface area contributed by atoms with Gasteiger partial charge in [-0.3, -0.25) is 4.79 Å². The summed E-state index contributed by atoms with van der Waals surface area (Å²) in [6.45, 7) is 3.30. The van der Waals surface area contributed by atoms with Crippen molar-refractivity contribution in [2.45, 2.75) is 6.42 Å². The Bertz CT molecular complexity index is 837. The summed E-state index contributed by atoms with van der Waals surface area (Å²) in [6.07, 6.45) is 0.336. The number of nitrogens with one attached hydrogen (secondary N) is 1. The van der Waals surface area contributed by atoms with Crippen LogP contribution in [0.4, 0.5) is 0 Å². The highest BCUT2D eigenvalue weighted by Crippen LogP contribution is 2.28. The quantitative estimate of drug-likeness (QED) is 0.785. The predicted octanol–water partition coefficient (Wildman–Crippen LogP) is 2.98. The van der Waals surface area contributed by atoms with Gasteiger partial charge in [0, 0.05) is 31.6 Å². The van der Waals surface area contributed by atoms with E-state index in [1.54, 1.807) is 0 Å². The summed E-state index contributed by atoms with van der Waals surface area (Å²) < 4.78 is 5.87. The number of rotatable bonds is 2. The molecule has 5 heteroatoms. The summed E-state index contributed by atoms with van der Waals surface area (Å²) in [7, 11) is 0. The van der Waals surface area contributed by atoms with Crippen LogP contribution in [0.5, 0.6) is 0 Å². The normalized spacial score (nSPS) is 14.9. The molecular formula is C18H19ClN2O2. The molecular weight excluding hydrogens is 312 g/mol. The van der Waals surface area contributed by atoms with Crippen molar-refractivity contribution in [1.29, 1.82) is 0 Å². The van der Waals surface area contributed by atoms with Gasteiger partial charge in [0.05, 0.1) is 6.42 Å². The molecule has 4 rings (SSSR count). The Kier molecular flexibility index (Phi) is 4.55. The van der Waals surface area contributed by atoms with Gasteiger partial charge in [0.2, 0.25) is 5.91 Å². The zero-order valence-corrected chi connectivity index (χ0v) is 13.6. The van der Waals surface area contributed by atoms with Crippen molar-refractivity contribution in [2.24, 2.45) is 0 Å². The molecule has 4 nitrogen and oxygen atoms in total. The van der Waals surface area contributed by atoms with Crippen LogP contribution in [0, 0.1) is 0 Å². The van der Waals surface area contributed by atoms with Gasteiger partial charge >= 0.3 is 0 Å². The number of benzene rings is 2. The Morgan fingerprint density at radius 1 is 1.09 bits per heavy atom. The first kappa shape index (κ1) is 15.8. The standard InChI is InChI=1S/C18H18N2O2.ClH/c21-18(20-9-7-19-8-10-20)12-14-11-16-15-4-2-1-3-13(15)5-6-17(16)22-14;/h1-6,11,19H,7-10,12H2;1H. The van der Waals surface area contributed by atoms with E-state index in [1.165, 1.54) is 10.8 Å². The van der Waals surface area contributed by atoms with Gasteiger partial charge in [0.25, 0.3) is 0 Å². The van der Waals surface area contributed by atoms with Crippen LogP contribution < -0.4 is 5.32 Å². The molecule has 0 unspecified atom stereocenters. The third-order valence-corrected chi connectivity index (χ3v) is 4.27. The molecule has 0 bridgehead atoms. The van der Waals surface area contributed by atoms with Crippen LogP contribution in [0.25, 0.3) is 21.7 Å². The van der Waals surface area contributed by atoms with Crippen molar-refractivity contribution < 1.29 is 9.21 Å². The van der Waals surface area contributed by atoms with E-state index in [9.17, 15) is 4.79 Å². The highest BCUT2D eigenvalue weighted by atomic mass is 35.5. The van der Waals surface area contributed by atoms with E-state index < -0.39 is 0 Å². The lowest BCUT2D eigenvalue weighted by Crippen LogP contribution is -2.46. The van der Waals surface area contributed by atoms with Crippen LogP contribution in [-0.4, -0.2) is 37.0 Å². The summed E-state index contributed by atoms with van der Waals surface area (Å²) >= 11 is 0. The molecule has 0 atom stereocenters. The predicted molar refractivity (Wildman–Crippen MR) is 94.1 cm³/mol. The largest absolute Gasteiger partial charge is 0.461 e.